The van der Waals surface area contributed by atoms with Crippen molar-refractivity contribution >= 4 is 11.6 Å². The lowest BCUT2D eigenvalue weighted by Crippen LogP contribution is -2.09. The van der Waals surface area contributed by atoms with Crippen LogP contribution in [0.2, 0.25) is 0 Å². The Morgan fingerprint density at radius 3 is 2.81 bits per heavy atom. The first-order valence-electron chi connectivity index (χ1n) is 8.62. The Balaban J connectivity index is 1.94. The first-order chi connectivity index (χ1) is 12.9. The monoisotopic (exact) mass is 371 g/mol. The van der Waals surface area contributed by atoms with E-state index in [0.29, 0.717) is 36.2 Å². The van der Waals surface area contributed by atoms with Crippen LogP contribution in [0.5, 0.6) is 5.75 Å². The number of hydrogen-bond donors (Lipinski definition) is 2. The van der Waals surface area contributed by atoms with E-state index in [4.69, 9.17) is 4.74 Å². The van der Waals surface area contributed by atoms with Gasteiger partial charge >= 0.3 is 0 Å². The van der Waals surface area contributed by atoms with Crippen molar-refractivity contribution in [3.63, 3.8) is 0 Å². The lowest BCUT2D eigenvalue weighted by atomic mass is 10.2. The quantitative estimate of drug-likeness (QED) is 0.663. The van der Waals surface area contributed by atoms with Crippen molar-refractivity contribution in [3.8, 4) is 17.1 Å². The number of methoxy groups -OCH3 is 1. The number of nitrogens with one attached hydrogen (secondary N) is 1. The smallest absolute Gasteiger partial charge is 0.247 e. The molecule has 0 bridgehead atoms. The van der Waals surface area contributed by atoms with E-state index in [-0.39, 0.29) is 0 Å². The van der Waals surface area contributed by atoms with Gasteiger partial charge in [0, 0.05) is 41.8 Å². The van der Waals surface area contributed by atoms with Gasteiger partial charge in [0.25, 0.3) is 0 Å². The van der Waals surface area contributed by atoms with Crippen LogP contribution in [0.25, 0.3) is 11.4 Å². The van der Waals surface area contributed by atoms with Crippen LogP contribution < -0.4 is 10.1 Å². The molecule has 7 nitrogen and oxygen atoms in total. The maximum Gasteiger partial charge on any atom is 0.247 e. The van der Waals surface area contributed by atoms with Crippen molar-refractivity contribution < 1.29 is 14.2 Å². The zero-order valence-corrected chi connectivity index (χ0v) is 15.5. The SMILES string of the molecule is COc1cc(F)cc(Nc2nc(-c3ccnc(C)c3)n(CCC(C)O)n2)c1. The van der Waals surface area contributed by atoms with Gasteiger partial charge in [0.1, 0.15) is 11.6 Å². The summed E-state index contributed by atoms with van der Waals surface area (Å²) in [5.74, 6) is 0.955. The number of pyridine rings is 1. The van der Waals surface area contributed by atoms with Gasteiger partial charge in [0.05, 0.1) is 13.2 Å². The summed E-state index contributed by atoms with van der Waals surface area (Å²) in [4.78, 5) is 8.75. The van der Waals surface area contributed by atoms with E-state index in [1.807, 2.05) is 19.1 Å². The summed E-state index contributed by atoms with van der Waals surface area (Å²) < 4.78 is 20.5. The summed E-state index contributed by atoms with van der Waals surface area (Å²) in [6.07, 6.45) is 1.79. The third-order valence-corrected chi connectivity index (χ3v) is 3.95. The Morgan fingerprint density at radius 2 is 2.11 bits per heavy atom. The van der Waals surface area contributed by atoms with Crippen molar-refractivity contribution in [2.24, 2.45) is 0 Å². The fourth-order valence-electron chi connectivity index (χ4n) is 2.64. The van der Waals surface area contributed by atoms with E-state index < -0.39 is 11.9 Å². The molecule has 1 atom stereocenters. The van der Waals surface area contributed by atoms with Gasteiger partial charge in [-0.05, 0) is 38.5 Å². The molecule has 0 saturated heterocycles. The lowest BCUT2D eigenvalue weighted by molar-refractivity contribution is 0.176. The van der Waals surface area contributed by atoms with Crippen LogP contribution in [0.3, 0.4) is 0 Å². The Hall–Kier alpha value is -3.00. The van der Waals surface area contributed by atoms with Gasteiger partial charge in [-0.1, -0.05) is 0 Å². The highest BCUT2D eigenvalue weighted by Gasteiger charge is 2.14. The van der Waals surface area contributed by atoms with Crippen molar-refractivity contribution in [2.75, 3.05) is 12.4 Å². The summed E-state index contributed by atoms with van der Waals surface area (Å²) in [5, 5.41) is 17.1. The Kier molecular flexibility index (Phi) is 5.66. The standard InChI is InChI=1S/C19H22FN5O2/c1-12-8-14(4-6-21-12)18-23-19(24-25(18)7-5-13(2)26)22-16-9-15(20)10-17(11-16)27-3/h4,6,8-11,13,26H,5,7H2,1-3H3,(H,22,24). The second-order valence-electron chi connectivity index (χ2n) is 6.31. The molecular weight excluding hydrogens is 349 g/mol. The summed E-state index contributed by atoms with van der Waals surface area (Å²) in [7, 11) is 1.48. The molecule has 0 aliphatic carbocycles. The molecule has 1 unspecified atom stereocenters. The van der Waals surface area contributed by atoms with Gasteiger partial charge in [-0.2, -0.15) is 4.98 Å². The van der Waals surface area contributed by atoms with Crippen molar-refractivity contribution in [1.82, 2.24) is 19.7 Å². The van der Waals surface area contributed by atoms with E-state index in [1.165, 1.54) is 19.2 Å². The van der Waals surface area contributed by atoms with Crippen molar-refractivity contribution in [2.45, 2.75) is 32.9 Å². The fourth-order valence-corrected chi connectivity index (χ4v) is 2.64. The number of halogens is 1. The van der Waals surface area contributed by atoms with Crippen LogP contribution in [-0.4, -0.2) is 38.1 Å². The minimum atomic E-state index is -0.454. The number of anilines is 2. The van der Waals surface area contributed by atoms with Gasteiger partial charge in [-0.3, -0.25) is 4.98 Å². The lowest BCUT2D eigenvalue weighted by Gasteiger charge is -2.07. The van der Waals surface area contributed by atoms with E-state index in [9.17, 15) is 9.50 Å². The average Bonchev–Trinajstić information content (AvgIpc) is 3.02. The summed E-state index contributed by atoms with van der Waals surface area (Å²) in [5.41, 5.74) is 2.21. The average molecular weight is 371 g/mol. The van der Waals surface area contributed by atoms with Crippen LogP contribution >= 0.6 is 0 Å². The number of nitrogens with zero attached hydrogens (tertiary/aromatic N) is 4. The topological polar surface area (TPSA) is 85.1 Å². The summed E-state index contributed by atoms with van der Waals surface area (Å²) >= 11 is 0. The highest BCUT2D eigenvalue weighted by molar-refractivity contribution is 5.61. The van der Waals surface area contributed by atoms with Crippen LogP contribution in [-0.2, 0) is 6.54 Å². The predicted molar refractivity (Wildman–Crippen MR) is 101 cm³/mol. The molecule has 8 heteroatoms. The van der Waals surface area contributed by atoms with Gasteiger partial charge in [0.2, 0.25) is 5.95 Å². The first-order valence-corrected chi connectivity index (χ1v) is 8.62. The number of ether oxygens (including phenoxy) is 1. The molecule has 3 rings (SSSR count). The molecule has 0 aliphatic rings. The molecule has 142 valence electrons. The Labute approximate surface area is 156 Å². The second kappa shape index (κ2) is 8.13. The Bertz CT molecular complexity index is 926. The van der Waals surface area contributed by atoms with Gasteiger partial charge < -0.3 is 15.2 Å². The molecule has 0 aliphatic heterocycles. The van der Waals surface area contributed by atoms with Gasteiger partial charge in [-0.25, -0.2) is 9.07 Å². The maximum absolute atomic E-state index is 13.7. The largest absolute Gasteiger partial charge is 0.497 e. The molecule has 0 spiro atoms. The molecule has 2 aromatic heterocycles. The first kappa shape index (κ1) is 18.8. The molecule has 2 heterocycles. The van der Waals surface area contributed by atoms with Crippen LogP contribution in [0.1, 0.15) is 19.0 Å². The summed E-state index contributed by atoms with van der Waals surface area (Å²) in [6.45, 7) is 4.12. The minimum absolute atomic E-state index is 0.331. The molecule has 0 fully saturated rings. The molecular formula is C19H22FN5O2. The molecule has 0 amide bonds. The van der Waals surface area contributed by atoms with E-state index in [1.54, 1.807) is 23.9 Å². The predicted octanol–water partition coefficient (Wildman–Crippen LogP) is 3.31. The van der Waals surface area contributed by atoms with Gasteiger partial charge in [0.15, 0.2) is 5.82 Å². The molecule has 1 aromatic carbocycles. The molecule has 27 heavy (non-hydrogen) atoms. The number of benzene rings is 1. The Morgan fingerprint density at radius 1 is 1.30 bits per heavy atom. The molecule has 0 saturated carbocycles. The third-order valence-electron chi connectivity index (χ3n) is 3.95. The third kappa shape index (κ3) is 4.79. The van der Waals surface area contributed by atoms with E-state index >= 15 is 0 Å². The fraction of sp³-hybridized carbons (Fsp3) is 0.316. The van der Waals surface area contributed by atoms with Crippen LogP contribution in [0.15, 0.2) is 36.5 Å². The molecule has 0 radical (unpaired) electrons. The van der Waals surface area contributed by atoms with E-state index in [2.05, 4.69) is 20.4 Å². The normalized spacial score (nSPS) is 12.0. The van der Waals surface area contributed by atoms with Crippen LogP contribution in [0, 0.1) is 12.7 Å². The highest BCUT2D eigenvalue weighted by Crippen LogP contribution is 2.25. The zero-order chi connectivity index (χ0) is 19.4. The maximum atomic E-state index is 13.7. The number of rotatable bonds is 7. The highest BCUT2D eigenvalue weighted by atomic mass is 19.1. The van der Waals surface area contributed by atoms with Crippen molar-refractivity contribution in [1.29, 1.82) is 0 Å². The molecule has 3 aromatic rings. The number of hydrogen-bond acceptors (Lipinski definition) is 6. The number of aromatic nitrogens is 4. The minimum Gasteiger partial charge on any atom is -0.497 e. The number of aliphatic hydroxyl groups is 1. The zero-order valence-electron chi connectivity index (χ0n) is 15.5. The molecule has 2 N–H and O–H groups in total. The number of aryl methyl sites for hydroxylation is 2. The second-order valence-corrected chi connectivity index (χ2v) is 6.31. The number of aliphatic hydroxyl groups excluding tert-OH is 1. The van der Waals surface area contributed by atoms with Crippen molar-refractivity contribution in [3.05, 3.63) is 48.0 Å². The van der Waals surface area contributed by atoms with Crippen LogP contribution in [0.4, 0.5) is 16.0 Å². The van der Waals surface area contributed by atoms with E-state index in [0.717, 1.165) is 11.3 Å². The van der Waals surface area contributed by atoms with Gasteiger partial charge in [-0.15, -0.1) is 5.10 Å². The summed E-state index contributed by atoms with van der Waals surface area (Å²) in [6, 6.07) is 8.07.